The zero-order valence-corrected chi connectivity index (χ0v) is 16.5. The number of hydrogen-bond donors (Lipinski definition) is 5. The van der Waals surface area contributed by atoms with Crippen LogP contribution in [0.2, 0.25) is 0 Å². The molecule has 5 N–H and O–H groups in total. The fraction of sp³-hybridized carbons (Fsp3) is 0.174. The van der Waals surface area contributed by atoms with Crippen LogP contribution in [0.1, 0.15) is 45.7 Å². The molecular weight excluding hydrogens is 392 g/mol. The first-order valence-corrected chi connectivity index (χ1v) is 10.2. The van der Waals surface area contributed by atoms with Crippen LogP contribution >= 0.6 is 0 Å². The fourth-order valence-corrected chi connectivity index (χ4v) is 4.54. The molecule has 1 saturated carbocycles. The smallest absolute Gasteiger partial charge is 0.270 e. The molecule has 154 valence electrons. The molecule has 1 aromatic heterocycles. The summed E-state index contributed by atoms with van der Waals surface area (Å²) in [6.45, 7) is 0. The lowest BCUT2D eigenvalue weighted by Gasteiger charge is -2.12. The molecule has 8 nitrogen and oxygen atoms in total. The van der Waals surface area contributed by atoms with Crippen molar-refractivity contribution in [2.45, 2.75) is 18.4 Å². The molecule has 8 heteroatoms. The molecule has 3 heterocycles. The van der Waals surface area contributed by atoms with Crippen molar-refractivity contribution in [3.05, 3.63) is 83.6 Å². The Morgan fingerprint density at radius 1 is 1.16 bits per heavy atom. The molecule has 0 saturated heterocycles. The van der Waals surface area contributed by atoms with Crippen LogP contribution in [-0.4, -0.2) is 21.8 Å². The number of imidazole rings is 1. The summed E-state index contributed by atoms with van der Waals surface area (Å²) in [6.07, 6.45) is 6.07. The molecule has 2 unspecified atom stereocenters. The molecule has 3 atom stereocenters. The number of anilines is 2. The molecule has 2 aromatic carbocycles. The van der Waals surface area contributed by atoms with Crippen LogP contribution in [0.15, 0.2) is 61.1 Å². The quantitative estimate of drug-likeness (QED) is 0.453. The van der Waals surface area contributed by atoms with E-state index in [9.17, 15) is 9.59 Å². The van der Waals surface area contributed by atoms with E-state index in [1.54, 1.807) is 24.7 Å². The number of nitrogens with one attached hydrogen (secondary N) is 5. The second kappa shape index (κ2) is 6.73. The molecule has 1 aliphatic carbocycles. The van der Waals surface area contributed by atoms with E-state index in [0.29, 0.717) is 11.3 Å². The number of carbonyl (C=O) groups is 2. The minimum absolute atomic E-state index is 0.0236. The number of hydrogen-bond acceptors (Lipinski definition) is 5. The molecule has 0 bridgehead atoms. The van der Waals surface area contributed by atoms with Gasteiger partial charge in [-0.3, -0.25) is 15.0 Å². The Balaban J connectivity index is 1.29. The summed E-state index contributed by atoms with van der Waals surface area (Å²) in [6, 6.07) is 13.5. The standard InChI is InChI=1S/C23H20N6O2/c30-22(15-10-14(15)12-4-2-1-3-5-12)27-13-8-16-19-17(11-26-29-23(16)31)20(28-18(19)9-13)21-24-6-7-25-21/h1-9,11,14-15,20,26,28H,10H2,(H,24,25)(H,27,30)(H,29,31)/t14-,15?,20?/m0/s1. The van der Waals surface area contributed by atoms with Gasteiger partial charge in [-0.25, -0.2) is 4.98 Å². The SMILES string of the molecule is O=C1NNC=C2c3c(cc(NC(=O)C4C[C@H]4c4ccccc4)cc31)NC2c1ncc[nH]1. The lowest BCUT2D eigenvalue weighted by molar-refractivity contribution is -0.117. The van der Waals surface area contributed by atoms with Crippen molar-refractivity contribution in [1.29, 1.82) is 0 Å². The predicted octanol–water partition coefficient (Wildman–Crippen LogP) is 2.91. The fourth-order valence-electron chi connectivity index (χ4n) is 4.54. The molecule has 3 aliphatic rings. The molecule has 2 amide bonds. The maximum absolute atomic E-state index is 12.9. The number of H-pyrrole nitrogens is 1. The second-order valence-electron chi connectivity index (χ2n) is 8.04. The minimum atomic E-state index is -0.255. The van der Waals surface area contributed by atoms with E-state index >= 15 is 0 Å². The van der Waals surface area contributed by atoms with Crippen LogP contribution in [0.3, 0.4) is 0 Å². The molecular formula is C23H20N6O2. The number of benzene rings is 2. The average molecular weight is 412 g/mol. The van der Waals surface area contributed by atoms with E-state index in [2.05, 4.69) is 43.6 Å². The van der Waals surface area contributed by atoms with Gasteiger partial charge in [0.1, 0.15) is 11.9 Å². The predicted molar refractivity (Wildman–Crippen MR) is 116 cm³/mol. The van der Waals surface area contributed by atoms with Gasteiger partial charge in [0.2, 0.25) is 5.91 Å². The summed E-state index contributed by atoms with van der Waals surface area (Å²) in [5, 5.41) is 6.44. The van der Waals surface area contributed by atoms with Gasteiger partial charge < -0.3 is 21.0 Å². The molecule has 3 aromatic rings. The molecule has 0 radical (unpaired) electrons. The highest BCUT2D eigenvalue weighted by atomic mass is 16.2. The van der Waals surface area contributed by atoms with E-state index < -0.39 is 0 Å². The van der Waals surface area contributed by atoms with Crippen LogP contribution in [0, 0.1) is 5.92 Å². The number of hydrazine groups is 1. The third kappa shape index (κ3) is 2.95. The van der Waals surface area contributed by atoms with Gasteiger partial charge in [-0.15, -0.1) is 0 Å². The zero-order chi connectivity index (χ0) is 20.9. The zero-order valence-electron chi connectivity index (χ0n) is 16.5. The highest BCUT2D eigenvalue weighted by Crippen LogP contribution is 2.49. The summed E-state index contributed by atoms with van der Waals surface area (Å²) in [5.41, 5.74) is 10.3. The van der Waals surface area contributed by atoms with Crippen molar-refractivity contribution < 1.29 is 9.59 Å². The van der Waals surface area contributed by atoms with Crippen molar-refractivity contribution in [1.82, 2.24) is 20.8 Å². The van der Waals surface area contributed by atoms with Gasteiger partial charge in [0, 0.05) is 47.0 Å². The van der Waals surface area contributed by atoms with Gasteiger partial charge in [0.15, 0.2) is 0 Å². The summed E-state index contributed by atoms with van der Waals surface area (Å²) in [4.78, 5) is 33.0. The van der Waals surface area contributed by atoms with E-state index in [0.717, 1.165) is 29.1 Å². The van der Waals surface area contributed by atoms with E-state index in [4.69, 9.17) is 0 Å². The maximum atomic E-state index is 12.9. The number of aromatic amines is 1. The lowest BCUT2D eigenvalue weighted by atomic mass is 9.97. The van der Waals surface area contributed by atoms with Crippen LogP contribution in [0.4, 0.5) is 11.4 Å². The van der Waals surface area contributed by atoms with Crippen molar-refractivity contribution in [2.75, 3.05) is 10.6 Å². The van der Waals surface area contributed by atoms with Gasteiger partial charge in [0.05, 0.1) is 5.56 Å². The normalized spacial score (nSPS) is 22.9. The summed E-state index contributed by atoms with van der Waals surface area (Å²) in [5.74, 6) is 0.669. The van der Waals surface area contributed by atoms with Gasteiger partial charge in [-0.05, 0) is 30.0 Å². The Labute approximate surface area is 178 Å². The number of carbonyl (C=O) groups excluding carboxylic acids is 2. The van der Waals surface area contributed by atoms with E-state index in [1.807, 2.05) is 24.3 Å². The molecule has 2 aliphatic heterocycles. The Morgan fingerprint density at radius 2 is 2.03 bits per heavy atom. The van der Waals surface area contributed by atoms with E-state index in [-0.39, 0.29) is 29.7 Å². The Kier molecular flexibility index (Phi) is 3.86. The summed E-state index contributed by atoms with van der Waals surface area (Å²) < 4.78 is 0. The lowest BCUT2D eigenvalue weighted by Crippen LogP contribution is -2.32. The topological polar surface area (TPSA) is 111 Å². The van der Waals surface area contributed by atoms with Crippen LogP contribution in [0.5, 0.6) is 0 Å². The van der Waals surface area contributed by atoms with Gasteiger partial charge in [0.25, 0.3) is 5.91 Å². The molecule has 6 rings (SSSR count). The number of nitrogens with zero attached hydrogens (tertiary/aromatic N) is 1. The van der Waals surface area contributed by atoms with Crippen molar-refractivity contribution in [2.24, 2.45) is 5.92 Å². The molecule has 31 heavy (non-hydrogen) atoms. The van der Waals surface area contributed by atoms with Gasteiger partial charge >= 0.3 is 0 Å². The van der Waals surface area contributed by atoms with Crippen LogP contribution in [-0.2, 0) is 4.79 Å². The molecule has 0 spiro atoms. The number of rotatable bonds is 4. The maximum Gasteiger partial charge on any atom is 0.270 e. The van der Waals surface area contributed by atoms with Crippen molar-refractivity contribution in [3.8, 4) is 0 Å². The summed E-state index contributed by atoms with van der Waals surface area (Å²) >= 11 is 0. The summed E-state index contributed by atoms with van der Waals surface area (Å²) in [7, 11) is 0. The van der Waals surface area contributed by atoms with Gasteiger partial charge in [-0.1, -0.05) is 30.3 Å². The Bertz CT molecular complexity index is 1220. The first kappa shape index (κ1) is 17.8. The number of amides is 2. The second-order valence-corrected chi connectivity index (χ2v) is 8.04. The van der Waals surface area contributed by atoms with Crippen LogP contribution in [0.25, 0.3) is 5.57 Å². The average Bonchev–Trinajstić information content (AvgIpc) is 3.30. The minimum Gasteiger partial charge on any atom is -0.371 e. The third-order valence-corrected chi connectivity index (χ3v) is 6.11. The first-order valence-electron chi connectivity index (χ1n) is 10.2. The van der Waals surface area contributed by atoms with Crippen molar-refractivity contribution in [3.63, 3.8) is 0 Å². The van der Waals surface area contributed by atoms with Gasteiger partial charge in [-0.2, -0.15) is 0 Å². The first-order chi connectivity index (χ1) is 15.2. The van der Waals surface area contributed by atoms with Crippen molar-refractivity contribution >= 4 is 28.8 Å². The highest BCUT2D eigenvalue weighted by Gasteiger charge is 2.44. The molecule has 1 fully saturated rings. The Hall–Kier alpha value is -4.07. The highest BCUT2D eigenvalue weighted by molar-refractivity contribution is 6.07. The van der Waals surface area contributed by atoms with Crippen LogP contribution < -0.4 is 21.5 Å². The largest absolute Gasteiger partial charge is 0.371 e. The number of aromatic nitrogens is 2. The van der Waals surface area contributed by atoms with E-state index in [1.165, 1.54) is 5.56 Å². The third-order valence-electron chi connectivity index (χ3n) is 6.11. The Morgan fingerprint density at radius 3 is 2.84 bits per heavy atom. The monoisotopic (exact) mass is 412 g/mol.